The summed E-state index contributed by atoms with van der Waals surface area (Å²) in [6, 6.07) is 4.82. The topological polar surface area (TPSA) is 139 Å². The fraction of sp³-hybridized carbons (Fsp3) is 0.500. The Bertz CT molecular complexity index is 1210. The Balaban J connectivity index is 1.44. The van der Waals surface area contributed by atoms with Crippen LogP contribution in [0, 0.1) is 0 Å². The van der Waals surface area contributed by atoms with Gasteiger partial charge < -0.3 is 15.0 Å². The predicted octanol–water partition coefficient (Wildman–Crippen LogP) is 1.97. The maximum absolute atomic E-state index is 12.5. The minimum Gasteiger partial charge on any atom is -0.376 e. The van der Waals surface area contributed by atoms with Gasteiger partial charge in [0.15, 0.2) is 5.65 Å². The Labute approximate surface area is 190 Å². The third-order valence-corrected chi connectivity index (χ3v) is 7.48. The third-order valence-electron chi connectivity index (χ3n) is 5.18. The van der Waals surface area contributed by atoms with E-state index in [0.717, 1.165) is 32.3 Å². The van der Waals surface area contributed by atoms with Gasteiger partial charge in [0, 0.05) is 30.6 Å². The number of aromatic amines is 1. The molecular weight excluding hydrogens is 452 g/mol. The zero-order valence-electron chi connectivity index (χ0n) is 17.8. The SMILES string of the molecule is CCCCNS(=O)(=O)c1ccc2[nH]c3nc(SCC(=O)NCC4CCCO4)nnc3c2c1. The molecule has 3 N–H and O–H groups in total. The highest BCUT2D eigenvalue weighted by Gasteiger charge is 2.18. The van der Waals surface area contributed by atoms with E-state index in [0.29, 0.717) is 40.3 Å². The maximum atomic E-state index is 12.5. The molecule has 10 nitrogen and oxygen atoms in total. The van der Waals surface area contributed by atoms with E-state index in [2.05, 4.69) is 30.2 Å². The molecule has 0 spiro atoms. The number of carbonyl (C=O) groups excluding carboxylic acids is 1. The van der Waals surface area contributed by atoms with Crippen molar-refractivity contribution in [2.45, 2.75) is 48.8 Å². The molecule has 32 heavy (non-hydrogen) atoms. The molecule has 12 heteroatoms. The number of fused-ring (bicyclic) bond motifs is 3. The summed E-state index contributed by atoms with van der Waals surface area (Å²) in [5, 5.41) is 12.2. The van der Waals surface area contributed by atoms with Crippen LogP contribution in [0.2, 0.25) is 0 Å². The Morgan fingerprint density at radius 2 is 2.22 bits per heavy atom. The molecule has 1 aromatic carbocycles. The van der Waals surface area contributed by atoms with E-state index >= 15 is 0 Å². The molecular formula is C20H26N6O4S2. The molecule has 0 radical (unpaired) electrons. The number of H-pyrrole nitrogens is 1. The molecule has 1 fully saturated rings. The van der Waals surface area contributed by atoms with Crippen LogP contribution in [0.3, 0.4) is 0 Å². The molecule has 1 aliphatic heterocycles. The van der Waals surface area contributed by atoms with E-state index in [4.69, 9.17) is 4.74 Å². The minimum absolute atomic E-state index is 0.0973. The lowest BCUT2D eigenvalue weighted by Crippen LogP contribution is -2.32. The summed E-state index contributed by atoms with van der Waals surface area (Å²) in [5.74, 6) is 0.0580. The first-order valence-electron chi connectivity index (χ1n) is 10.6. The highest BCUT2D eigenvalue weighted by Crippen LogP contribution is 2.26. The zero-order chi connectivity index (χ0) is 22.6. The first kappa shape index (κ1) is 22.9. The summed E-state index contributed by atoms with van der Waals surface area (Å²) in [7, 11) is -3.60. The van der Waals surface area contributed by atoms with Gasteiger partial charge in [-0.05, 0) is 37.5 Å². The number of benzene rings is 1. The van der Waals surface area contributed by atoms with Crippen LogP contribution in [0.1, 0.15) is 32.6 Å². The standard InChI is InChI=1S/C20H26N6O4S2/c1-2-3-8-22-32(28,29)14-6-7-16-15(10-14)18-19(23-16)24-20(26-25-18)31-12-17(27)21-11-13-5-4-9-30-13/h6-7,10,13,22H,2-5,8-9,11-12H2,1H3,(H,21,27)(H,23,24,26). The van der Waals surface area contributed by atoms with Crippen molar-refractivity contribution in [3.63, 3.8) is 0 Å². The van der Waals surface area contributed by atoms with E-state index in [1.807, 2.05) is 6.92 Å². The second kappa shape index (κ2) is 10.1. The molecule has 0 aliphatic carbocycles. The number of aromatic nitrogens is 4. The summed E-state index contributed by atoms with van der Waals surface area (Å²) in [6.45, 7) is 3.66. The Morgan fingerprint density at radius 1 is 1.34 bits per heavy atom. The van der Waals surface area contributed by atoms with E-state index in [-0.39, 0.29) is 22.7 Å². The van der Waals surface area contributed by atoms with E-state index in [1.54, 1.807) is 18.2 Å². The molecule has 1 atom stereocenters. The number of ether oxygens (including phenoxy) is 1. The van der Waals surface area contributed by atoms with Crippen molar-refractivity contribution in [3.05, 3.63) is 18.2 Å². The molecule has 2 aromatic heterocycles. The van der Waals surface area contributed by atoms with Gasteiger partial charge in [-0.25, -0.2) is 18.1 Å². The molecule has 0 saturated carbocycles. The number of hydrogen-bond donors (Lipinski definition) is 3. The first-order valence-corrected chi connectivity index (χ1v) is 13.1. The number of sulfonamides is 1. The van der Waals surface area contributed by atoms with Crippen molar-refractivity contribution >= 4 is 49.8 Å². The predicted molar refractivity (Wildman–Crippen MR) is 122 cm³/mol. The molecule has 4 rings (SSSR count). The van der Waals surface area contributed by atoms with Gasteiger partial charge in [0.2, 0.25) is 21.1 Å². The lowest BCUT2D eigenvalue weighted by Gasteiger charge is -2.10. The van der Waals surface area contributed by atoms with Gasteiger partial charge in [0.1, 0.15) is 5.52 Å². The van der Waals surface area contributed by atoms with Crippen LogP contribution >= 0.6 is 11.8 Å². The number of carbonyl (C=O) groups is 1. The molecule has 0 bridgehead atoms. The average Bonchev–Trinajstić information content (AvgIpc) is 3.43. The molecule has 172 valence electrons. The zero-order valence-corrected chi connectivity index (χ0v) is 19.4. The van der Waals surface area contributed by atoms with Crippen LogP contribution in [-0.4, -0.2) is 66.0 Å². The van der Waals surface area contributed by atoms with Crippen molar-refractivity contribution < 1.29 is 17.9 Å². The Kier molecular flexibility index (Phi) is 7.23. The summed E-state index contributed by atoms with van der Waals surface area (Å²) >= 11 is 1.19. The fourth-order valence-corrected chi connectivity index (χ4v) is 5.16. The highest BCUT2D eigenvalue weighted by atomic mass is 32.2. The summed E-state index contributed by atoms with van der Waals surface area (Å²) in [5.41, 5.74) is 1.69. The summed E-state index contributed by atoms with van der Waals surface area (Å²) in [4.78, 5) is 19.8. The maximum Gasteiger partial charge on any atom is 0.240 e. The number of nitrogens with zero attached hydrogens (tertiary/aromatic N) is 3. The van der Waals surface area contributed by atoms with Gasteiger partial charge in [-0.15, -0.1) is 10.2 Å². The van der Waals surface area contributed by atoms with Crippen molar-refractivity contribution in [2.75, 3.05) is 25.4 Å². The molecule has 3 aromatic rings. The van der Waals surface area contributed by atoms with Crippen LogP contribution in [0.5, 0.6) is 0 Å². The largest absolute Gasteiger partial charge is 0.376 e. The molecule has 1 saturated heterocycles. The summed E-state index contributed by atoms with van der Waals surface area (Å²) < 4.78 is 33.2. The fourth-order valence-electron chi connectivity index (χ4n) is 3.44. The Morgan fingerprint density at radius 3 is 3.00 bits per heavy atom. The number of thioether (sulfide) groups is 1. The van der Waals surface area contributed by atoms with Gasteiger partial charge in [-0.2, -0.15) is 0 Å². The summed E-state index contributed by atoms with van der Waals surface area (Å²) in [6.07, 6.45) is 3.77. The molecule has 1 unspecified atom stereocenters. The number of rotatable bonds is 10. The van der Waals surface area contributed by atoms with E-state index in [1.165, 1.54) is 11.8 Å². The average molecular weight is 479 g/mol. The van der Waals surface area contributed by atoms with Gasteiger partial charge in [-0.1, -0.05) is 25.1 Å². The van der Waals surface area contributed by atoms with Crippen LogP contribution in [0.15, 0.2) is 28.3 Å². The van der Waals surface area contributed by atoms with Gasteiger partial charge in [0.25, 0.3) is 0 Å². The quantitative estimate of drug-likeness (QED) is 0.297. The number of unbranched alkanes of at least 4 members (excludes halogenated alkanes) is 1. The normalized spacial score (nSPS) is 16.7. The molecule has 1 aliphatic rings. The third kappa shape index (κ3) is 5.37. The highest BCUT2D eigenvalue weighted by molar-refractivity contribution is 7.99. The monoisotopic (exact) mass is 478 g/mol. The number of nitrogens with one attached hydrogen (secondary N) is 3. The second-order valence-electron chi connectivity index (χ2n) is 7.60. The molecule has 1 amide bonds. The van der Waals surface area contributed by atoms with Crippen molar-refractivity contribution in [1.29, 1.82) is 0 Å². The first-order chi connectivity index (χ1) is 15.5. The lowest BCUT2D eigenvalue weighted by atomic mass is 10.2. The van der Waals surface area contributed by atoms with Crippen molar-refractivity contribution in [3.8, 4) is 0 Å². The Hall–Kier alpha value is -2.28. The second-order valence-corrected chi connectivity index (χ2v) is 10.3. The van der Waals surface area contributed by atoms with Crippen LogP contribution in [0.25, 0.3) is 22.1 Å². The molecule has 3 heterocycles. The van der Waals surface area contributed by atoms with Crippen LogP contribution in [-0.2, 0) is 19.6 Å². The lowest BCUT2D eigenvalue weighted by molar-refractivity contribution is -0.119. The van der Waals surface area contributed by atoms with E-state index < -0.39 is 10.0 Å². The van der Waals surface area contributed by atoms with E-state index in [9.17, 15) is 13.2 Å². The van der Waals surface area contributed by atoms with Gasteiger partial charge >= 0.3 is 0 Å². The smallest absolute Gasteiger partial charge is 0.240 e. The minimum atomic E-state index is -3.60. The van der Waals surface area contributed by atoms with Crippen molar-refractivity contribution in [2.24, 2.45) is 0 Å². The van der Waals surface area contributed by atoms with Crippen LogP contribution in [0.4, 0.5) is 0 Å². The number of hydrogen-bond acceptors (Lipinski definition) is 8. The van der Waals surface area contributed by atoms with Gasteiger partial charge in [0.05, 0.1) is 16.8 Å². The van der Waals surface area contributed by atoms with Gasteiger partial charge in [-0.3, -0.25) is 4.79 Å². The number of amides is 1. The van der Waals surface area contributed by atoms with Crippen LogP contribution < -0.4 is 10.0 Å². The van der Waals surface area contributed by atoms with Crippen molar-refractivity contribution in [1.82, 2.24) is 30.2 Å².